The largest absolute Gasteiger partial charge is 0.391 e. The van der Waals surface area contributed by atoms with Gasteiger partial charge in [0.25, 0.3) is 0 Å². The highest BCUT2D eigenvalue weighted by Gasteiger charge is 2.41. The van der Waals surface area contributed by atoms with Crippen LogP contribution < -0.4 is 0 Å². The van der Waals surface area contributed by atoms with E-state index in [4.69, 9.17) is 11.6 Å². The van der Waals surface area contributed by atoms with Crippen molar-refractivity contribution in [2.24, 2.45) is 5.92 Å². The van der Waals surface area contributed by atoms with Crippen molar-refractivity contribution in [1.29, 1.82) is 0 Å². The third kappa shape index (κ3) is 4.13. The number of rotatable bonds is 2. The van der Waals surface area contributed by atoms with Crippen LogP contribution in [0.15, 0.2) is 22.7 Å². The van der Waals surface area contributed by atoms with E-state index in [1.807, 2.05) is 0 Å². The van der Waals surface area contributed by atoms with E-state index < -0.39 is 12.1 Å². The molecule has 1 aromatic carbocycles. The van der Waals surface area contributed by atoms with Crippen LogP contribution in [0.3, 0.4) is 0 Å². The molecular weight excluding hydrogens is 371 g/mol. The summed E-state index contributed by atoms with van der Waals surface area (Å²) in [5.74, 6) is -1.46. The average molecular weight is 385 g/mol. The maximum absolute atomic E-state index is 12.6. The summed E-state index contributed by atoms with van der Waals surface area (Å²) in [7, 11) is 0. The lowest BCUT2D eigenvalue weighted by Gasteiger charge is -2.33. The molecule has 2 rings (SSSR count). The fraction of sp³-hybridized carbons (Fsp3) is 0.500. The summed E-state index contributed by atoms with van der Waals surface area (Å²) in [6.07, 6.45) is -4.07. The van der Waals surface area contributed by atoms with E-state index in [0.717, 1.165) is 5.56 Å². The molecule has 0 aromatic heterocycles. The number of likely N-dealkylation sites (tertiary alicyclic amines) is 1. The van der Waals surface area contributed by atoms with Crippen LogP contribution in [0, 0.1) is 5.92 Å². The van der Waals surface area contributed by atoms with Gasteiger partial charge in [-0.15, -0.1) is 0 Å². The van der Waals surface area contributed by atoms with Crippen molar-refractivity contribution < 1.29 is 18.0 Å². The molecule has 0 atom stereocenters. The van der Waals surface area contributed by atoms with Crippen molar-refractivity contribution in [2.75, 3.05) is 13.1 Å². The predicted octanol–water partition coefficient (Wildman–Crippen LogP) is 4.45. The van der Waals surface area contributed by atoms with Crippen LogP contribution in [0.5, 0.6) is 0 Å². The minimum Gasteiger partial charge on any atom is -0.342 e. The van der Waals surface area contributed by atoms with Gasteiger partial charge in [0.2, 0.25) is 5.91 Å². The number of amides is 1. The van der Waals surface area contributed by atoms with E-state index in [1.165, 1.54) is 4.90 Å². The van der Waals surface area contributed by atoms with Crippen LogP contribution in [-0.2, 0) is 11.2 Å². The lowest BCUT2D eigenvalue weighted by Crippen LogP contribution is -2.42. The van der Waals surface area contributed by atoms with Crippen molar-refractivity contribution in [2.45, 2.75) is 25.4 Å². The van der Waals surface area contributed by atoms with Crippen LogP contribution >= 0.6 is 27.5 Å². The zero-order chi connectivity index (χ0) is 15.6. The molecule has 1 aliphatic rings. The molecule has 0 aliphatic carbocycles. The monoisotopic (exact) mass is 383 g/mol. The normalized spacial score (nSPS) is 17.1. The van der Waals surface area contributed by atoms with E-state index in [9.17, 15) is 18.0 Å². The van der Waals surface area contributed by atoms with Gasteiger partial charge in [0.05, 0.1) is 17.4 Å². The molecule has 0 bridgehead atoms. The quantitative estimate of drug-likeness (QED) is 0.738. The van der Waals surface area contributed by atoms with Crippen molar-refractivity contribution in [1.82, 2.24) is 4.90 Å². The third-order valence-corrected chi connectivity index (χ3v) is 5.16. The van der Waals surface area contributed by atoms with E-state index in [1.54, 1.807) is 18.2 Å². The molecule has 1 saturated heterocycles. The number of alkyl halides is 3. The molecule has 1 aliphatic heterocycles. The van der Waals surface area contributed by atoms with Gasteiger partial charge in [0, 0.05) is 17.6 Å². The molecule has 1 fully saturated rings. The molecule has 2 nitrogen and oxygen atoms in total. The summed E-state index contributed by atoms with van der Waals surface area (Å²) in [5.41, 5.74) is 0.741. The molecule has 7 heteroatoms. The summed E-state index contributed by atoms with van der Waals surface area (Å²) in [4.78, 5) is 13.7. The standard InChI is InChI=1S/C14H14BrClF3NO/c15-13-9(2-1-3-11(13)16)8-12(21)20-6-4-10(5-7-20)14(17,18)19/h1-3,10H,4-8H2. The van der Waals surface area contributed by atoms with Gasteiger partial charge >= 0.3 is 6.18 Å². The highest BCUT2D eigenvalue weighted by molar-refractivity contribution is 9.10. The van der Waals surface area contributed by atoms with Crippen molar-refractivity contribution in [3.63, 3.8) is 0 Å². The molecule has 21 heavy (non-hydrogen) atoms. The minimum absolute atomic E-state index is 0.0219. The molecule has 0 saturated carbocycles. The van der Waals surface area contributed by atoms with Crippen molar-refractivity contribution >= 4 is 33.4 Å². The van der Waals surface area contributed by atoms with E-state index in [0.29, 0.717) is 9.50 Å². The average Bonchev–Trinajstić information content (AvgIpc) is 2.43. The van der Waals surface area contributed by atoms with Gasteiger partial charge in [0.1, 0.15) is 0 Å². The number of hydrogen-bond donors (Lipinski definition) is 0. The summed E-state index contributed by atoms with van der Waals surface area (Å²) in [6.45, 7) is 0.308. The predicted molar refractivity (Wildman–Crippen MR) is 78.2 cm³/mol. The number of benzene rings is 1. The summed E-state index contributed by atoms with van der Waals surface area (Å²) < 4.78 is 38.4. The van der Waals surface area contributed by atoms with Crippen molar-refractivity contribution in [3.8, 4) is 0 Å². The first-order chi connectivity index (χ1) is 9.79. The number of carbonyl (C=O) groups excluding carboxylic acids is 1. The topological polar surface area (TPSA) is 20.3 Å². The first kappa shape index (κ1) is 16.6. The Labute approximate surface area is 134 Å². The summed E-state index contributed by atoms with van der Waals surface area (Å²) in [5, 5.41) is 0.510. The lowest BCUT2D eigenvalue weighted by molar-refractivity contribution is -0.186. The van der Waals surface area contributed by atoms with Gasteiger partial charge in [0.15, 0.2) is 0 Å². The van der Waals surface area contributed by atoms with E-state index in [2.05, 4.69) is 15.9 Å². The molecule has 0 N–H and O–H groups in total. The Morgan fingerprint density at radius 3 is 2.52 bits per heavy atom. The first-order valence-electron chi connectivity index (χ1n) is 6.56. The molecule has 0 unspecified atom stereocenters. The Balaban J connectivity index is 1.95. The van der Waals surface area contributed by atoms with Crippen LogP contribution in [0.4, 0.5) is 13.2 Å². The second-order valence-corrected chi connectivity index (χ2v) is 6.29. The summed E-state index contributed by atoms with van der Waals surface area (Å²) >= 11 is 9.27. The fourth-order valence-corrected chi connectivity index (χ4v) is 3.01. The third-order valence-electron chi connectivity index (χ3n) is 3.68. The van der Waals surface area contributed by atoms with Crippen LogP contribution in [-0.4, -0.2) is 30.1 Å². The highest BCUT2D eigenvalue weighted by atomic mass is 79.9. The van der Waals surface area contributed by atoms with E-state index >= 15 is 0 Å². The highest BCUT2D eigenvalue weighted by Crippen LogP contribution is 2.34. The zero-order valence-corrected chi connectivity index (χ0v) is 13.4. The first-order valence-corrected chi connectivity index (χ1v) is 7.73. The smallest absolute Gasteiger partial charge is 0.342 e. The molecular formula is C14H14BrClF3NO. The second-order valence-electron chi connectivity index (χ2n) is 5.09. The number of hydrogen-bond acceptors (Lipinski definition) is 1. The zero-order valence-electron chi connectivity index (χ0n) is 11.1. The lowest BCUT2D eigenvalue weighted by atomic mass is 9.96. The summed E-state index contributed by atoms with van der Waals surface area (Å²) in [6, 6.07) is 5.22. The van der Waals surface area contributed by atoms with Gasteiger partial charge in [-0.05, 0) is 40.4 Å². The second kappa shape index (κ2) is 6.57. The SMILES string of the molecule is O=C(Cc1cccc(Cl)c1Br)N1CCC(C(F)(F)F)CC1. The van der Waals surface area contributed by atoms with Gasteiger partial charge in [-0.25, -0.2) is 0 Å². The van der Waals surface area contributed by atoms with Crippen LogP contribution in [0.2, 0.25) is 5.02 Å². The maximum Gasteiger partial charge on any atom is 0.391 e. The fourth-order valence-electron chi connectivity index (χ4n) is 2.42. The van der Waals surface area contributed by atoms with Gasteiger partial charge in [-0.1, -0.05) is 23.7 Å². The minimum atomic E-state index is -4.16. The number of carbonyl (C=O) groups is 1. The van der Waals surface area contributed by atoms with Gasteiger partial charge < -0.3 is 4.90 Å². The molecule has 0 radical (unpaired) electrons. The number of halogens is 5. The molecule has 1 aromatic rings. The van der Waals surface area contributed by atoms with Gasteiger partial charge in [-0.3, -0.25) is 4.79 Å². The molecule has 116 valence electrons. The molecule has 1 heterocycles. The Morgan fingerprint density at radius 2 is 1.95 bits per heavy atom. The number of nitrogens with zero attached hydrogens (tertiary/aromatic N) is 1. The Hall–Kier alpha value is -0.750. The Morgan fingerprint density at radius 1 is 1.33 bits per heavy atom. The molecule has 1 amide bonds. The molecule has 0 spiro atoms. The maximum atomic E-state index is 12.6. The van der Waals surface area contributed by atoms with Gasteiger partial charge in [-0.2, -0.15) is 13.2 Å². The van der Waals surface area contributed by atoms with Crippen molar-refractivity contribution in [3.05, 3.63) is 33.3 Å². The Kier molecular flexibility index (Phi) is 5.20. The van der Waals surface area contributed by atoms with E-state index in [-0.39, 0.29) is 38.3 Å². The Bertz CT molecular complexity index is 527. The van der Waals surface area contributed by atoms with Crippen LogP contribution in [0.1, 0.15) is 18.4 Å². The number of piperidine rings is 1. The van der Waals surface area contributed by atoms with Crippen LogP contribution in [0.25, 0.3) is 0 Å².